The van der Waals surface area contributed by atoms with E-state index in [1.54, 1.807) is 11.8 Å². The number of hydrogen-bond acceptors (Lipinski definition) is 3. The van der Waals surface area contributed by atoms with E-state index < -0.39 is 6.03 Å². The van der Waals surface area contributed by atoms with Crippen LogP contribution in [-0.4, -0.2) is 29.6 Å². The number of hydrogen-bond donors (Lipinski definition) is 1. The first-order valence-corrected chi connectivity index (χ1v) is 6.94. The summed E-state index contributed by atoms with van der Waals surface area (Å²) in [6.07, 6.45) is 1.12. The van der Waals surface area contributed by atoms with Crippen LogP contribution in [0.5, 0.6) is 0 Å². The van der Waals surface area contributed by atoms with Crippen molar-refractivity contribution in [2.45, 2.75) is 18.6 Å². The fraction of sp³-hybridized carbons (Fsp3) is 0.385. The number of nitrogens with zero attached hydrogens (tertiary/aromatic N) is 1. The van der Waals surface area contributed by atoms with Crippen molar-refractivity contribution in [1.29, 1.82) is 0 Å². The van der Waals surface area contributed by atoms with Crippen LogP contribution in [0.2, 0.25) is 0 Å². The molecule has 18 heavy (non-hydrogen) atoms. The van der Waals surface area contributed by atoms with Gasteiger partial charge in [0.1, 0.15) is 0 Å². The monoisotopic (exact) mass is 266 g/mol. The molecule has 0 aliphatic heterocycles. The highest BCUT2D eigenvalue weighted by Gasteiger charge is 2.12. The number of urea groups is 1. The Kier molecular flexibility index (Phi) is 6.28. The van der Waals surface area contributed by atoms with Gasteiger partial charge in [-0.1, -0.05) is 30.3 Å². The lowest BCUT2D eigenvalue weighted by Crippen LogP contribution is -2.37. The molecule has 0 saturated carbocycles. The highest BCUT2D eigenvalue weighted by Crippen LogP contribution is 2.13. The highest BCUT2D eigenvalue weighted by atomic mass is 32.2. The number of primary amides is 1. The summed E-state index contributed by atoms with van der Waals surface area (Å²) in [7, 11) is 1.40. The molecule has 0 aliphatic rings. The van der Waals surface area contributed by atoms with E-state index in [0.29, 0.717) is 6.42 Å². The second-order valence-electron chi connectivity index (χ2n) is 3.93. The van der Waals surface area contributed by atoms with Crippen molar-refractivity contribution >= 4 is 23.7 Å². The van der Waals surface area contributed by atoms with Crippen molar-refractivity contribution < 1.29 is 9.59 Å². The molecule has 1 aromatic carbocycles. The molecular formula is C13H18N2O2S. The summed E-state index contributed by atoms with van der Waals surface area (Å²) in [5.74, 6) is 1.62. The van der Waals surface area contributed by atoms with Gasteiger partial charge in [0.15, 0.2) is 0 Å². The van der Waals surface area contributed by atoms with Gasteiger partial charge in [-0.25, -0.2) is 4.79 Å². The minimum atomic E-state index is -0.697. The predicted octanol–water partition coefficient (Wildman–Crippen LogP) is 2.24. The van der Waals surface area contributed by atoms with Crippen molar-refractivity contribution in [3.63, 3.8) is 0 Å². The number of nitrogens with two attached hydrogens (primary N) is 1. The second kappa shape index (κ2) is 7.76. The van der Waals surface area contributed by atoms with Gasteiger partial charge in [-0.3, -0.25) is 9.69 Å². The fourth-order valence-corrected chi connectivity index (χ4v) is 2.30. The van der Waals surface area contributed by atoms with Crippen LogP contribution in [0.1, 0.15) is 18.4 Å². The molecule has 0 saturated heterocycles. The molecule has 0 aliphatic carbocycles. The van der Waals surface area contributed by atoms with Crippen LogP contribution < -0.4 is 5.73 Å². The highest BCUT2D eigenvalue weighted by molar-refractivity contribution is 7.98. The maximum atomic E-state index is 11.4. The Hall–Kier alpha value is -1.49. The molecule has 0 fully saturated rings. The van der Waals surface area contributed by atoms with Crippen molar-refractivity contribution in [1.82, 2.24) is 4.90 Å². The number of benzene rings is 1. The molecule has 0 radical (unpaired) electrons. The van der Waals surface area contributed by atoms with E-state index in [4.69, 9.17) is 5.73 Å². The smallest absolute Gasteiger partial charge is 0.321 e. The van der Waals surface area contributed by atoms with Crippen LogP contribution in [0.25, 0.3) is 0 Å². The molecule has 0 aromatic heterocycles. The summed E-state index contributed by atoms with van der Waals surface area (Å²) in [5, 5.41) is 0. The average Bonchev–Trinajstić information content (AvgIpc) is 2.38. The largest absolute Gasteiger partial charge is 0.351 e. The quantitative estimate of drug-likeness (QED) is 0.803. The van der Waals surface area contributed by atoms with Gasteiger partial charge >= 0.3 is 6.03 Å². The van der Waals surface area contributed by atoms with Gasteiger partial charge in [0, 0.05) is 19.2 Å². The lowest BCUT2D eigenvalue weighted by atomic mass is 10.2. The van der Waals surface area contributed by atoms with Crippen LogP contribution in [-0.2, 0) is 10.5 Å². The maximum absolute atomic E-state index is 11.4. The summed E-state index contributed by atoms with van der Waals surface area (Å²) in [6, 6.07) is 9.49. The third-order valence-corrected chi connectivity index (χ3v) is 3.61. The topological polar surface area (TPSA) is 63.4 Å². The molecule has 3 amide bonds. The molecule has 0 atom stereocenters. The SMILES string of the molecule is CN(C(N)=O)C(=O)CCCSCc1ccccc1. The number of carbonyl (C=O) groups excluding carboxylic acids is 2. The molecule has 5 heteroatoms. The molecule has 0 heterocycles. The first kappa shape index (κ1) is 14.6. The Morgan fingerprint density at radius 2 is 1.94 bits per heavy atom. The van der Waals surface area contributed by atoms with Crippen molar-refractivity contribution in [2.24, 2.45) is 5.73 Å². The molecular weight excluding hydrogens is 248 g/mol. The van der Waals surface area contributed by atoms with E-state index in [2.05, 4.69) is 12.1 Å². The number of rotatable bonds is 6. The van der Waals surface area contributed by atoms with Crippen LogP contribution in [0.3, 0.4) is 0 Å². The average molecular weight is 266 g/mol. The van der Waals surface area contributed by atoms with E-state index >= 15 is 0 Å². The van der Waals surface area contributed by atoms with E-state index in [-0.39, 0.29) is 5.91 Å². The van der Waals surface area contributed by atoms with Gasteiger partial charge in [0.05, 0.1) is 0 Å². The van der Waals surface area contributed by atoms with Crippen LogP contribution in [0.15, 0.2) is 30.3 Å². The third-order valence-electron chi connectivity index (χ3n) is 2.50. The summed E-state index contributed by atoms with van der Waals surface area (Å²) in [5.41, 5.74) is 6.28. The Balaban J connectivity index is 2.12. The minimum Gasteiger partial charge on any atom is -0.351 e. The number of carbonyl (C=O) groups is 2. The van der Waals surface area contributed by atoms with Gasteiger partial charge in [0.2, 0.25) is 5.91 Å². The molecule has 1 aromatic rings. The Morgan fingerprint density at radius 1 is 1.28 bits per heavy atom. The summed E-state index contributed by atoms with van der Waals surface area (Å²) in [4.78, 5) is 23.1. The molecule has 2 N–H and O–H groups in total. The first-order valence-electron chi connectivity index (χ1n) is 5.79. The maximum Gasteiger partial charge on any atom is 0.321 e. The fourth-order valence-electron chi connectivity index (χ4n) is 1.38. The molecule has 1 rings (SSSR count). The van der Waals surface area contributed by atoms with Crippen molar-refractivity contribution in [3.8, 4) is 0 Å². The second-order valence-corrected chi connectivity index (χ2v) is 5.04. The molecule has 4 nitrogen and oxygen atoms in total. The van der Waals surface area contributed by atoms with E-state index in [0.717, 1.165) is 22.8 Å². The standard InChI is InChI=1S/C13H18N2O2S/c1-15(13(14)17)12(16)8-5-9-18-10-11-6-3-2-4-7-11/h2-4,6-7H,5,8-10H2,1H3,(H2,14,17). The predicted molar refractivity (Wildman–Crippen MR) is 74.2 cm³/mol. The van der Waals surface area contributed by atoms with Gasteiger partial charge in [-0.2, -0.15) is 11.8 Å². The molecule has 98 valence electrons. The van der Waals surface area contributed by atoms with Gasteiger partial charge in [-0.15, -0.1) is 0 Å². The van der Waals surface area contributed by atoms with Crippen molar-refractivity contribution in [2.75, 3.05) is 12.8 Å². The van der Waals surface area contributed by atoms with E-state index in [1.165, 1.54) is 12.6 Å². The zero-order valence-electron chi connectivity index (χ0n) is 10.5. The Morgan fingerprint density at radius 3 is 2.56 bits per heavy atom. The minimum absolute atomic E-state index is 0.220. The van der Waals surface area contributed by atoms with Crippen molar-refractivity contribution in [3.05, 3.63) is 35.9 Å². The summed E-state index contributed by atoms with van der Waals surface area (Å²) < 4.78 is 0. The van der Waals surface area contributed by atoms with Crippen LogP contribution in [0, 0.1) is 0 Å². The van der Waals surface area contributed by atoms with E-state index in [1.807, 2.05) is 18.2 Å². The lowest BCUT2D eigenvalue weighted by molar-refractivity contribution is -0.127. The van der Waals surface area contributed by atoms with E-state index in [9.17, 15) is 9.59 Å². The van der Waals surface area contributed by atoms with Gasteiger partial charge < -0.3 is 5.73 Å². The zero-order chi connectivity index (χ0) is 13.4. The molecule has 0 unspecified atom stereocenters. The van der Waals surface area contributed by atoms with Gasteiger partial charge in [-0.05, 0) is 17.7 Å². The number of thioether (sulfide) groups is 1. The first-order chi connectivity index (χ1) is 8.61. The zero-order valence-corrected chi connectivity index (χ0v) is 11.3. The Labute approximate surface area is 112 Å². The third kappa shape index (κ3) is 5.23. The van der Waals surface area contributed by atoms with Crippen LogP contribution >= 0.6 is 11.8 Å². The normalized spacial score (nSPS) is 10.1. The molecule has 0 spiro atoms. The summed E-state index contributed by atoms with van der Waals surface area (Å²) >= 11 is 1.78. The van der Waals surface area contributed by atoms with Gasteiger partial charge in [0.25, 0.3) is 0 Å². The number of imide groups is 1. The van der Waals surface area contributed by atoms with Crippen LogP contribution in [0.4, 0.5) is 4.79 Å². The summed E-state index contributed by atoms with van der Waals surface area (Å²) in [6.45, 7) is 0. The molecule has 0 bridgehead atoms. The Bertz CT molecular complexity index is 395. The lowest BCUT2D eigenvalue weighted by Gasteiger charge is -2.11. The number of amides is 3.